The van der Waals surface area contributed by atoms with Crippen LogP contribution in [0.3, 0.4) is 0 Å². The molecule has 0 aromatic heterocycles. The number of amides is 1. The summed E-state index contributed by atoms with van der Waals surface area (Å²) in [6.07, 6.45) is 2.84. The van der Waals surface area contributed by atoms with E-state index in [9.17, 15) is 14.3 Å². The van der Waals surface area contributed by atoms with Crippen molar-refractivity contribution in [3.63, 3.8) is 0 Å². The number of nitrogens with one attached hydrogen (secondary N) is 1. The number of rotatable bonds is 2. The van der Waals surface area contributed by atoms with Crippen LogP contribution in [0.15, 0.2) is 24.3 Å². The smallest absolute Gasteiger partial charge is 0.251 e. The SMILES string of the molecule is O=C(NC1CCCC(O)C1)c1cccc(F)c1. The number of carbonyl (C=O) groups is 1. The molecule has 2 atom stereocenters. The molecule has 1 amide bonds. The van der Waals surface area contributed by atoms with Crippen molar-refractivity contribution in [1.82, 2.24) is 5.32 Å². The summed E-state index contributed by atoms with van der Waals surface area (Å²) in [5.41, 5.74) is 0.324. The van der Waals surface area contributed by atoms with Crippen LogP contribution in [0.25, 0.3) is 0 Å². The van der Waals surface area contributed by atoms with Crippen LogP contribution in [-0.4, -0.2) is 23.2 Å². The maximum absolute atomic E-state index is 12.9. The Hall–Kier alpha value is -1.42. The summed E-state index contributed by atoms with van der Waals surface area (Å²) in [5.74, 6) is -0.690. The highest BCUT2D eigenvalue weighted by molar-refractivity contribution is 5.94. The van der Waals surface area contributed by atoms with E-state index in [1.807, 2.05) is 0 Å². The molecular weight excluding hydrogens is 221 g/mol. The largest absolute Gasteiger partial charge is 0.393 e. The molecule has 2 rings (SSSR count). The van der Waals surface area contributed by atoms with E-state index in [-0.39, 0.29) is 18.1 Å². The Kier molecular flexibility index (Phi) is 3.74. The summed E-state index contributed by atoms with van der Waals surface area (Å²) in [6.45, 7) is 0. The Morgan fingerprint density at radius 2 is 2.24 bits per heavy atom. The summed E-state index contributed by atoms with van der Waals surface area (Å²) in [6, 6.07) is 5.61. The highest BCUT2D eigenvalue weighted by atomic mass is 19.1. The van der Waals surface area contributed by atoms with E-state index in [1.165, 1.54) is 18.2 Å². The van der Waals surface area contributed by atoms with Gasteiger partial charge in [0.15, 0.2) is 0 Å². The van der Waals surface area contributed by atoms with Gasteiger partial charge in [-0.3, -0.25) is 4.79 Å². The van der Waals surface area contributed by atoms with Crippen LogP contribution >= 0.6 is 0 Å². The molecule has 0 spiro atoms. The second-order valence-electron chi connectivity index (χ2n) is 4.50. The zero-order valence-electron chi connectivity index (χ0n) is 9.53. The van der Waals surface area contributed by atoms with Crippen LogP contribution in [0.1, 0.15) is 36.0 Å². The first-order chi connectivity index (χ1) is 8.15. The van der Waals surface area contributed by atoms with E-state index in [1.54, 1.807) is 6.07 Å². The second-order valence-corrected chi connectivity index (χ2v) is 4.50. The van der Waals surface area contributed by atoms with Crippen molar-refractivity contribution < 1.29 is 14.3 Å². The van der Waals surface area contributed by atoms with E-state index < -0.39 is 5.82 Å². The molecule has 1 fully saturated rings. The van der Waals surface area contributed by atoms with Crippen LogP contribution in [-0.2, 0) is 0 Å². The molecule has 0 aliphatic heterocycles. The van der Waals surface area contributed by atoms with Crippen LogP contribution in [0.5, 0.6) is 0 Å². The Labute approximate surface area is 99.7 Å². The van der Waals surface area contributed by atoms with E-state index in [4.69, 9.17) is 0 Å². The average molecular weight is 237 g/mol. The van der Waals surface area contributed by atoms with Crippen LogP contribution < -0.4 is 5.32 Å². The highest BCUT2D eigenvalue weighted by Gasteiger charge is 2.21. The fourth-order valence-electron chi connectivity index (χ4n) is 2.19. The quantitative estimate of drug-likeness (QED) is 0.824. The number of carbonyl (C=O) groups excluding carboxylic acids is 1. The lowest BCUT2D eigenvalue weighted by atomic mass is 9.93. The summed E-state index contributed by atoms with van der Waals surface area (Å²) in [5, 5.41) is 12.3. The molecule has 0 bridgehead atoms. The summed E-state index contributed by atoms with van der Waals surface area (Å²) >= 11 is 0. The van der Waals surface area contributed by atoms with Gasteiger partial charge in [-0.15, -0.1) is 0 Å². The lowest BCUT2D eigenvalue weighted by Crippen LogP contribution is -2.39. The summed E-state index contributed by atoms with van der Waals surface area (Å²) in [7, 11) is 0. The Morgan fingerprint density at radius 1 is 1.41 bits per heavy atom. The fraction of sp³-hybridized carbons (Fsp3) is 0.462. The van der Waals surface area contributed by atoms with Crippen LogP contribution in [0.4, 0.5) is 4.39 Å². The number of aliphatic hydroxyl groups excluding tert-OH is 1. The van der Waals surface area contributed by atoms with Crippen LogP contribution in [0.2, 0.25) is 0 Å². The van der Waals surface area contributed by atoms with Gasteiger partial charge in [-0.25, -0.2) is 4.39 Å². The number of aliphatic hydroxyl groups is 1. The molecule has 0 heterocycles. The molecule has 1 aromatic rings. The van der Waals surface area contributed by atoms with Crippen molar-refractivity contribution in [2.75, 3.05) is 0 Å². The van der Waals surface area contributed by atoms with Crippen molar-refractivity contribution in [2.24, 2.45) is 0 Å². The van der Waals surface area contributed by atoms with Crippen LogP contribution in [0, 0.1) is 5.82 Å². The van der Waals surface area contributed by atoms with E-state index >= 15 is 0 Å². The second kappa shape index (κ2) is 5.27. The normalized spacial score (nSPS) is 24.4. The first-order valence-corrected chi connectivity index (χ1v) is 5.89. The maximum atomic E-state index is 12.9. The predicted octanol–water partition coefficient (Wildman–Crippen LogP) is 1.86. The molecule has 4 heteroatoms. The van der Waals surface area contributed by atoms with Gasteiger partial charge < -0.3 is 10.4 Å². The zero-order valence-corrected chi connectivity index (χ0v) is 9.53. The lowest BCUT2D eigenvalue weighted by molar-refractivity contribution is 0.0849. The average Bonchev–Trinajstić information content (AvgIpc) is 2.29. The van der Waals surface area contributed by atoms with Crippen molar-refractivity contribution in [3.05, 3.63) is 35.6 Å². The highest BCUT2D eigenvalue weighted by Crippen LogP contribution is 2.18. The van der Waals surface area contributed by atoms with E-state index in [2.05, 4.69) is 5.32 Å². The van der Waals surface area contributed by atoms with E-state index in [0.29, 0.717) is 12.0 Å². The third-order valence-electron chi connectivity index (χ3n) is 3.07. The Bertz CT molecular complexity index is 408. The van der Waals surface area contributed by atoms with Crippen molar-refractivity contribution >= 4 is 5.91 Å². The molecule has 3 nitrogen and oxygen atoms in total. The van der Waals surface area contributed by atoms with Gasteiger partial charge in [-0.1, -0.05) is 6.07 Å². The third-order valence-corrected chi connectivity index (χ3v) is 3.07. The van der Waals surface area contributed by atoms with E-state index in [0.717, 1.165) is 19.3 Å². The number of benzene rings is 1. The van der Waals surface area contributed by atoms with Crippen molar-refractivity contribution in [3.8, 4) is 0 Å². The molecule has 1 aromatic carbocycles. The van der Waals surface area contributed by atoms with Gasteiger partial charge in [-0.2, -0.15) is 0 Å². The lowest BCUT2D eigenvalue weighted by Gasteiger charge is -2.26. The molecule has 1 aliphatic carbocycles. The van der Waals surface area contributed by atoms with Gasteiger partial charge in [0.1, 0.15) is 5.82 Å². The minimum absolute atomic E-state index is 0.00508. The topological polar surface area (TPSA) is 49.3 Å². The maximum Gasteiger partial charge on any atom is 0.251 e. The first kappa shape index (κ1) is 12.0. The molecular formula is C13H16FNO2. The standard InChI is InChI=1S/C13H16FNO2/c14-10-4-1-3-9(7-10)13(17)15-11-5-2-6-12(16)8-11/h1,3-4,7,11-12,16H,2,5-6,8H2,(H,15,17). The molecule has 2 unspecified atom stereocenters. The predicted molar refractivity (Wildman–Crippen MR) is 62.1 cm³/mol. The molecule has 92 valence electrons. The Balaban J connectivity index is 1.97. The molecule has 1 aliphatic rings. The first-order valence-electron chi connectivity index (χ1n) is 5.89. The van der Waals surface area contributed by atoms with Gasteiger partial charge >= 0.3 is 0 Å². The van der Waals surface area contributed by atoms with Crippen molar-refractivity contribution in [1.29, 1.82) is 0 Å². The summed E-state index contributed by atoms with van der Waals surface area (Å²) in [4.78, 5) is 11.8. The van der Waals surface area contributed by atoms with Gasteiger partial charge in [0, 0.05) is 11.6 Å². The fourth-order valence-corrected chi connectivity index (χ4v) is 2.19. The third kappa shape index (κ3) is 3.27. The minimum atomic E-state index is -0.415. The monoisotopic (exact) mass is 237 g/mol. The van der Waals surface area contributed by atoms with Crippen molar-refractivity contribution in [2.45, 2.75) is 37.8 Å². The molecule has 17 heavy (non-hydrogen) atoms. The molecule has 2 N–H and O–H groups in total. The molecule has 1 saturated carbocycles. The van der Waals surface area contributed by atoms with Gasteiger partial charge in [-0.05, 0) is 43.9 Å². The van der Waals surface area contributed by atoms with Gasteiger partial charge in [0.25, 0.3) is 5.91 Å². The minimum Gasteiger partial charge on any atom is -0.393 e. The molecule has 0 radical (unpaired) electrons. The molecule has 0 saturated heterocycles. The zero-order chi connectivity index (χ0) is 12.3. The number of halogens is 1. The van der Waals surface area contributed by atoms with Gasteiger partial charge in [0.05, 0.1) is 6.10 Å². The number of hydrogen-bond acceptors (Lipinski definition) is 2. The number of hydrogen-bond donors (Lipinski definition) is 2. The Morgan fingerprint density at radius 3 is 2.94 bits per heavy atom. The summed E-state index contributed by atoms with van der Waals surface area (Å²) < 4.78 is 12.9. The van der Waals surface area contributed by atoms with Gasteiger partial charge in [0.2, 0.25) is 0 Å².